The minimum absolute atomic E-state index is 0.218. The fraction of sp³-hybridized carbons (Fsp3) is 1.00. The van der Waals surface area contributed by atoms with Gasteiger partial charge in [0.1, 0.15) is 12.8 Å². The lowest BCUT2D eigenvalue weighted by Crippen LogP contribution is -2.17. The fourth-order valence-electron chi connectivity index (χ4n) is 0.745. The molecule has 1 atom stereocenters. The fourth-order valence-corrected chi connectivity index (χ4v) is 1.22. The largest absolute Gasteiger partial charge is 0.437 e. The van der Waals surface area contributed by atoms with Gasteiger partial charge in [-0.2, -0.15) is 8.42 Å². The van der Waals surface area contributed by atoms with Crippen molar-refractivity contribution in [2.75, 3.05) is 6.67 Å². The molecule has 0 bridgehead atoms. The van der Waals surface area contributed by atoms with Gasteiger partial charge in [0, 0.05) is 0 Å². The molecule has 0 aromatic carbocycles. The van der Waals surface area contributed by atoms with Crippen molar-refractivity contribution in [2.45, 2.75) is 32.3 Å². The van der Waals surface area contributed by atoms with E-state index in [1.165, 1.54) is 0 Å². The summed E-state index contributed by atoms with van der Waals surface area (Å²) in [6.45, 7) is 0.877. The number of alkyl halides is 1. The van der Waals surface area contributed by atoms with E-state index in [-0.39, 0.29) is 6.42 Å². The monoisotopic (exact) mass is 202 g/mol. The lowest BCUT2D eigenvalue weighted by molar-refractivity contribution is 0.149. The summed E-state index contributed by atoms with van der Waals surface area (Å²) in [5, 5.41) is 0. The quantitative estimate of drug-likeness (QED) is 0.616. The third kappa shape index (κ3) is 6.48. The second-order valence-electron chi connectivity index (χ2n) is 2.41. The Morgan fingerprint density at radius 2 is 2.08 bits per heavy atom. The Bertz CT molecular complexity index is 203. The standard InChI is InChI=1S/C6H12F2O3S/c1-2-3-4-6(5-7)11-12(8,9)10/h6H,2-5H2,1H3/t6-/m1/s1. The summed E-state index contributed by atoms with van der Waals surface area (Å²) >= 11 is 0. The van der Waals surface area contributed by atoms with Crippen LogP contribution in [-0.4, -0.2) is 21.2 Å². The zero-order valence-corrected chi connectivity index (χ0v) is 7.61. The Kier molecular flexibility index (Phi) is 5.32. The molecule has 0 radical (unpaired) electrons. The van der Waals surface area contributed by atoms with E-state index in [4.69, 9.17) is 0 Å². The van der Waals surface area contributed by atoms with E-state index in [9.17, 15) is 16.7 Å². The van der Waals surface area contributed by atoms with Crippen LogP contribution in [0.3, 0.4) is 0 Å². The minimum atomic E-state index is -5.01. The molecule has 0 aliphatic rings. The molecule has 0 aliphatic heterocycles. The average molecular weight is 202 g/mol. The van der Waals surface area contributed by atoms with Crippen LogP contribution < -0.4 is 0 Å². The molecule has 0 aromatic rings. The van der Waals surface area contributed by atoms with Crippen molar-refractivity contribution in [1.29, 1.82) is 0 Å². The number of rotatable bonds is 6. The molecular formula is C6H12F2O3S. The first-order valence-corrected chi connectivity index (χ1v) is 4.99. The predicted molar refractivity (Wildman–Crippen MR) is 40.4 cm³/mol. The smallest absolute Gasteiger partial charge is 0.248 e. The predicted octanol–water partition coefficient (Wildman–Crippen LogP) is 1.75. The van der Waals surface area contributed by atoms with Crippen LogP contribution in [0, 0.1) is 0 Å². The van der Waals surface area contributed by atoms with Crippen molar-refractivity contribution >= 4 is 10.5 Å². The van der Waals surface area contributed by atoms with Crippen molar-refractivity contribution in [1.82, 2.24) is 0 Å². The van der Waals surface area contributed by atoms with Gasteiger partial charge in [-0.15, -0.1) is 0 Å². The summed E-state index contributed by atoms with van der Waals surface area (Å²) in [7, 11) is -5.01. The maximum Gasteiger partial charge on any atom is 0.437 e. The van der Waals surface area contributed by atoms with E-state index >= 15 is 0 Å². The van der Waals surface area contributed by atoms with Gasteiger partial charge in [0.25, 0.3) is 0 Å². The van der Waals surface area contributed by atoms with Gasteiger partial charge in [-0.3, -0.25) is 0 Å². The van der Waals surface area contributed by atoms with E-state index < -0.39 is 23.3 Å². The summed E-state index contributed by atoms with van der Waals surface area (Å²) < 4.78 is 47.4. The Balaban J connectivity index is 3.83. The molecular weight excluding hydrogens is 190 g/mol. The molecule has 0 unspecified atom stereocenters. The molecule has 0 amide bonds. The molecule has 74 valence electrons. The van der Waals surface area contributed by atoms with Gasteiger partial charge in [-0.25, -0.2) is 8.57 Å². The zero-order chi connectivity index (χ0) is 9.61. The number of unbranched alkanes of at least 4 members (excludes halogenated alkanes) is 1. The Hall–Kier alpha value is -0.230. The van der Waals surface area contributed by atoms with Crippen molar-refractivity contribution in [3.05, 3.63) is 0 Å². The molecule has 0 saturated heterocycles. The summed E-state index contributed by atoms with van der Waals surface area (Å²) in [6.07, 6.45) is 0.451. The molecule has 0 aliphatic carbocycles. The highest BCUT2D eigenvalue weighted by Gasteiger charge is 2.17. The highest BCUT2D eigenvalue weighted by atomic mass is 32.3. The van der Waals surface area contributed by atoms with Crippen LogP contribution in [0.5, 0.6) is 0 Å². The summed E-state index contributed by atoms with van der Waals surface area (Å²) in [4.78, 5) is 0. The third-order valence-corrected chi connectivity index (χ3v) is 1.80. The van der Waals surface area contributed by atoms with Gasteiger partial charge >= 0.3 is 10.5 Å². The van der Waals surface area contributed by atoms with Crippen molar-refractivity contribution in [3.63, 3.8) is 0 Å². The van der Waals surface area contributed by atoms with Crippen molar-refractivity contribution in [2.24, 2.45) is 0 Å². The minimum Gasteiger partial charge on any atom is -0.248 e. The Morgan fingerprint density at radius 3 is 2.42 bits per heavy atom. The van der Waals surface area contributed by atoms with Gasteiger partial charge in [0.05, 0.1) is 0 Å². The highest BCUT2D eigenvalue weighted by Crippen LogP contribution is 2.09. The van der Waals surface area contributed by atoms with Crippen LogP contribution in [-0.2, 0) is 14.7 Å². The first-order valence-electron chi connectivity index (χ1n) is 3.68. The van der Waals surface area contributed by atoms with Crippen LogP contribution in [0.1, 0.15) is 26.2 Å². The molecule has 0 fully saturated rings. The van der Waals surface area contributed by atoms with Gasteiger partial charge in [0.2, 0.25) is 0 Å². The van der Waals surface area contributed by atoms with Crippen molar-refractivity contribution < 1.29 is 20.9 Å². The summed E-state index contributed by atoms with van der Waals surface area (Å²) in [5.41, 5.74) is 0. The normalized spacial score (nSPS) is 14.6. The maximum absolute atomic E-state index is 12.0. The first-order chi connectivity index (χ1) is 5.49. The maximum atomic E-state index is 12.0. The van der Waals surface area contributed by atoms with Gasteiger partial charge in [0.15, 0.2) is 0 Å². The molecule has 0 rings (SSSR count). The van der Waals surface area contributed by atoms with Crippen LogP contribution in [0.25, 0.3) is 0 Å². The number of hydrogen-bond donors (Lipinski definition) is 0. The molecule has 0 heterocycles. The van der Waals surface area contributed by atoms with E-state index in [1.54, 1.807) is 0 Å². The molecule has 0 N–H and O–H groups in total. The van der Waals surface area contributed by atoms with E-state index in [2.05, 4.69) is 4.18 Å². The second-order valence-corrected chi connectivity index (χ2v) is 3.39. The molecule has 3 nitrogen and oxygen atoms in total. The molecule has 0 aromatic heterocycles. The topological polar surface area (TPSA) is 43.4 Å². The van der Waals surface area contributed by atoms with E-state index in [0.717, 1.165) is 6.42 Å². The zero-order valence-electron chi connectivity index (χ0n) is 6.79. The SMILES string of the molecule is CCCC[C@H](CF)OS(=O)(=O)F. The lowest BCUT2D eigenvalue weighted by atomic mass is 10.2. The van der Waals surface area contributed by atoms with Crippen LogP contribution >= 0.6 is 0 Å². The Morgan fingerprint density at radius 1 is 1.50 bits per heavy atom. The van der Waals surface area contributed by atoms with E-state index in [1.807, 2.05) is 6.92 Å². The number of hydrogen-bond acceptors (Lipinski definition) is 3. The highest BCUT2D eigenvalue weighted by molar-refractivity contribution is 7.81. The second kappa shape index (κ2) is 5.42. The first kappa shape index (κ1) is 11.8. The molecule has 6 heteroatoms. The van der Waals surface area contributed by atoms with Crippen molar-refractivity contribution in [3.8, 4) is 0 Å². The molecule has 0 spiro atoms. The summed E-state index contributed by atoms with van der Waals surface area (Å²) in [5.74, 6) is 0. The third-order valence-electron chi connectivity index (χ3n) is 1.30. The van der Waals surface area contributed by atoms with Crippen LogP contribution in [0.4, 0.5) is 8.28 Å². The molecule has 0 saturated carbocycles. The summed E-state index contributed by atoms with van der Waals surface area (Å²) in [6, 6.07) is 0. The van der Waals surface area contributed by atoms with E-state index in [0.29, 0.717) is 6.42 Å². The Labute approximate surface area is 71.1 Å². The van der Waals surface area contributed by atoms with Gasteiger partial charge < -0.3 is 0 Å². The van der Waals surface area contributed by atoms with Crippen LogP contribution in [0.15, 0.2) is 0 Å². The average Bonchev–Trinajstić information content (AvgIpc) is 1.95. The molecule has 12 heavy (non-hydrogen) atoms. The van der Waals surface area contributed by atoms with Crippen LogP contribution in [0.2, 0.25) is 0 Å². The van der Waals surface area contributed by atoms with Gasteiger partial charge in [-0.05, 0) is 6.42 Å². The number of halogens is 2. The lowest BCUT2D eigenvalue weighted by Gasteiger charge is -2.08. The van der Waals surface area contributed by atoms with Gasteiger partial charge in [-0.1, -0.05) is 23.7 Å².